The normalized spacial score (nSPS) is 11.9. The number of aldehydes is 1. The lowest BCUT2D eigenvalue weighted by molar-refractivity contribution is -0.119. The van der Waals surface area contributed by atoms with E-state index in [1.165, 1.54) is 11.0 Å². The topological polar surface area (TPSA) is 169 Å². The minimum absolute atomic E-state index is 0.000970. The molecule has 0 saturated heterocycles. The van der Waals surface area contributed by atoms with Crippen LogP contribution >= 0.6 is 0 Å². The first-order valence-corrected chi connectivity index (χ1v) is 12.5. The number of hydrogen-bond donors (Lipinski definition) is 4. The molecular weight excluding hydrogens is 482 g/mol. The molecule has 0 bridgehead atoms. The SMILES string of the molecule is CCOC(C=O)N(CC(=O)Nc1ccc(-c2ccccc2S(N)(=O)=O)cc1)c1cccc(C(=N)N)c1. The standard InChI is InChI=1S/C25H27N5O5S/c1-2-35-24(16-31)30(20-7-5-6-18(14-20)25(26)27)15-23(32)29-19-12-10-17(11-13-19)21-8-3-4-9-22(21)36(28,33)34/h3-14,16,24H,2,15H2,1H3,(H3,26,27)(H,29,32)(H2,28,33,34). The maximum Gasteiger partial charge on any atom is 0.244 e. The van der Waals surface area contributed by atoms with Crippen LogP contribution in [0.3, 0.4) is 0 Å². The number of nitrogen functional groups attached to an aromatic ring is 1. The van der Waals surface area contributed by atoms with Crippen molar-refractivity contribution in [3.8, 4) is 11.1 Å². The van der Waals surface area contributed by atoms with Crippen LogP contribution in [0.25, 0.3) is 11.1 Å². The van der Waals surface area contributed by atoms with Gasteiger partial charge in [0.25, 0.3) is 0 Å². The second-order valence-corrected chi connectivity index (χ2v) is 9.27. The van der Waals surface area contributed by atoms with Gasteiger partial charge in [0, 0.05) is 29.1 Å². The minimum Gasteiger partial charge on any atom is -0.384 e. The van der Waals surface area contributed by atoms with E-state index in [1.54, 1.807) is 73.7 Å². The summed E-state index contributed by atoms with van der Waals surface area (Å²) in [6.07, 6.45) is -0.436. The minimum atomic E-state index is -3.91. The lowest BCUT2D eigenvalue weighted by Gasteiger charge is -2.29. The average Bonchev–Trinajstić information content (AvgIpc) is 2.86. The van der Waals surface area contributed by atoms with Gasteiger partial charge in [0.15, 0.2) is 12.5 Å². The van der Waals surface area contributed by atoms with Crippen LogP contribution in [0, 0.1) is 5.41 Å². The molecule has 0 spiro atoms. The molecule has 10 nitrogen and oxygen atoms in total. The van der Waals surface area contributed by atoms with Gasteiger partial charge in [-0.2, -0.15) is 0 Å². The maximum absolute atomic E-state index is 12.9. The Labute approximate surface area is 209 Å². The molecule has 0 aliphatic carbocycles. The Kier molecular flexibility index (Phi) is 8.54. The number of amidine groups is 1. The number of nitrogens with zero attached hydrogens (tertiary/aromatic N) is 1. The van der Waals surface area contributed by atoms with Crippen LogP contribution in [0.2, 0.25) is 0 Å². The van der Waals surface area contributed by atoms with E-state index in [0.717, 1.165) is 0 Å². The molecule has 3 rings (SSSR count). The van der Waals surface area contributed by atoms with E-state index < -0.39 is 22.2 Å². The molecular formula is C25H27N5O5S. The summed E-state index contributed by atoms with van der Waals surface area (Å²) in [7, 11) is -3.91. The van der Waals surface area contributed by atoms with Crippen LogP contribution in [0.15, 0.2) is 77.7 Å². The molecule has 3 aromatic carbocycles. The lowest BCUT2D eigenvalue weighted by atomic mass is 10.1. The highest BCUT2D eigenvalue weighted by atomic mass is 32.2. The van der Waals surface area contributed by atoms with Crippen LogP contribution in [0.4, 0.5) is 11.4 Å². The number of sulfonamides is 1. The summed E-state index contributed by atoms with van der Waals surface area (Å²) in [5.74, 6) is -0.572. The summed E-state index contributed by atoms with van der Waals surface area (Å²) in [6.45, 7) is 1.76. The summed E-state index contributed by atoms with van der Waals surface area (Å²) in [5, 5.41) is 15.7. The van der Waals surface area contributed by atoms with Crippen molar-refractivity contribution in [1.29, 1.82) is 5.41 Å². The number of ether oxygens (including phenoxy) is 1. The molecule has 6 N–H and O–H groups in total. The predicted octanol–water partition coefficient (Wildman–Crippen LogP) is 2.29. The first-order chi connectivity index (χ1) is 17.1. The van der Waals surface area contributed by atoms with Gasteiger partial charge in [0.05, 0.1) is 4.90 Å². The van der Waals surface area contributed by atoms with Crippen molar-refractivity contribution >= 4 is 39.4 Å². The fraction of sp³-hybridized carbons (Fsp3) is 0.160. The molecule has 0 radical (unpaired) electrons. The summed E-state index contributed by atoms with van der Waals surface area (Å²) < 4.78 is 29.3. The van der Waals surface area contributed by atoms with Crippen LogP contribution in [-0.2, 0) is 24.3 Å². The third-order valence-corrected chi connectivity index (χ3v) is 6.21. The number of carbonyl (C=O) groups is 2. The molecule has 0 saturated carbocycles. The van der Waals surface area contributed by atoms with E-state index in [9.17, 15) is 18.0 Å². The van der Waals surface area contributed by atoms with Crippen molar-refractivity contribution in [2.45, 2.75) is 18.0 Å². The summed E-state index contributed by atoms with van der Waals surface area (Å²) in [4.78, 5) is 26.1. The van der Waals surface area contributed by atoms with E-state index in [1.807, 2.05) is 0 Å². The van der Waals surface area contributed by atoms with Crippen molar-refractivity contribution in [1.82, 2.24) is 0 Å². The Balaban J connectivity index is 1.82. The van der Waals surface area contributed by atoms with Crippen molar-refractivity contribution < 1.29 is 22.7 Å². The molecule has 1 amide bonds. The van der Waals surface area contributed by atoms with Crippen LogP contribution < -0.4 is 21.1 Å². The molecule has 188 valence electrons. The number of nitrogens with two attached hydrogens (primary N) is 2. The highest BCUT2D eigenvalue weighted by Gasteiger charge is 2.22. The molecule has 1 unspecified atom stereocenters. The molecule has 0 heterocycles. The van der Waals surface area contributed by atoms with Gasteiger partial charge in [-0.15, -0.1) is 0 Å². The third-order valence-electron chi connectivity index (χ3n) is 5.24. The van der Waals surface area contributed by atoms with E-state index in [4.69, 9.17) is 21.0 Å². The van der Waals surface area contributed by atoms with Crippen LogP contribution in [0.5, 0.6) is 0 Å². The van der Waals surface area contributed by atoms with E-state index >= 15 is 0 Å². The first-order valence-electron chi connectivity index (χ1n) is 10.9. The summed E-state index contributed by atoms with van der Waals surface area (Å²) in [6, 6.07) is 19.6. The van der Waals surface area contributed by atoms with E-state index in [0.29, 0.717) is 34.4 Å². The Morgan fingerprint density at radius 1 is 1.11 bits per heavy atom. The second-order valence-electron chi connectivity index (χ2n) is 7.74. The molecule has 0 aromatic heterocycles. The number of nitrogens with one attached hydrogen (secondary N) is 2. The largest absolute Gasteiger partial charge is 0.384 e. The fourth-order valence-electron chi connectivity index (χ4n) is 3.60. The predicted molar refractivity (Wildman–Crippen MR) is 138 cm³/mol. The average molecular weight is 510 g/mol. The van der Waals surface area contributed by atoms with Crippen molar-refractivity contribution in [2.75, 3.05) is 23.4 Å². The zero-order valence-electron chi connectivity index (χ0n) is 19.5. The Morgan fingerprint density at radius 3 is 2.42 bits per heavy atom. The lowest BCUT2D eigenvalue weighted by Crippen LogP contribution is -2.43. The van der Waals surface area contributed by atoms with E-state index in [-0.39, 0.29) is 23.9 Å². The van der Waals surface area contributed by atoms with Crippen LogP contribution in [-0.4, -0.2) is 45.8 Å². The number of hydrogen-bond acceptors (Lipinski definition) is 7. The van der Waals surface area contributed by atoms with Gasteiger partial charge < -0.3 is 20.7 Å². The number of rotatable bonds is 11. The highest BCUT2D eigenvalue weighted by molar-refractivity contribution is 7.89. The first kappa shape index (κ1) is 26.5. The molecule has 36 heavy (non-hydrogen) atoms. The quantitative estimate of drug-likeness (QED) is 0.133. The third kappa shape index (κ3) is 6.54. The summed E-state index contributed by atoms with van der Waals surface area (Å²) >= 11 is 0. The second kappa shape index (κ2) is 11.6. The van der Waals surface area contributed by atoms with Gasteiger partial charge in [-0.25, -0.2) is 13.6 Å². The van der Waals surface area contributed by atoms with Crippen molar-refractivity contribution in [2.24, 2.45) is 10.9 Å². The molecule has 0 aliphatic heterocycles. The highest BCUT2D eigenvalue weighted by Crippen LogP contribution is 2.27. The molecule has 3 aromatic rings. The van der Waals surface area contributed by atoms with Gasteiger partial charge in [-0.3, -0.25) is 15.0 Å². The Hall–Kier alpha value is -4.06. The number of anilines is 2. The molecule has 0 aliphatic rings. The number of carbonyl (C=O) groups excluding carboxylic acids is 2. The smallest absolute Gasteiger partial charge is 0.244 e. The number of benzene rings is 3. The van der Waals surface area contributed by atoms with E-state index in [2.05, 4.69) is 5.32 Å². The fourth-order valence-corrected chi connectivity index (χ4v) is 4.36. The maximum atomic E-state index is 12.9. The summed E-state index contributed by atoms with van der Waals surface area (Å²) in [5.41, 5.74) is 8.03. The molecule has 1 atom stereocenters. The molecule has 11 heteroatoms. The van der Waals surface area contributed by atoms with Crippen LogP contribution in [0.1, 0.15) is 12.5 Å². The number of amides is 1. The zero-order valence-corrected chi connectivity index (χ0v) is 20.4. The van der Waals surface area contributed by atoms with Gasteiger partial charge in [0.1, 0.15) is 12.4 Å². The van der Waals surface area contributed by atoms with Crippen molar-refractivity contribution in [3.05, 3.63) is 78.4 Å². The van der Waals surface area contributed by atoms with Crippen molar-refractivity contribution in [3.63, 3.8) is 0 Å². The zero-order chi connectivity index (χ0) is 26.3. The Morgan fingerprint density at radius 2 is 1.81 bits per heavy atom. The van der Waals surface area contributed by atoms with Gasteiger partial charge in [0.2, 0.25) is 15.9 Å². The Bertz CT molecular complexity index is 1360. The molecule has 0 fully saturated rings. The van der Waals surface area contributed by atoms with Gasteiger partial charge in [-0.05, 0) is 42.8 Å². The van der Waals surface area contributed by atoms with Gasteiger partial charge >= 0.3 is 0 Å². The van der Waals surface area contributed by atoms with Gasteiger partial charge in [-0.1, -0.05) is 42.5 Å². The monoisotopic (exact) mass is 509 g/mol. The number of primary sulfonamides is 1.